The highest BCUT2D eigenvalue weighted by atomic mass is 16.5. The molecule has 1 aromatic carbocycles. The first-order valence-corrected chi connectivity index (χ1v) is 6.41. The van der Waals surface area contributed by atoms with E-state index in [2.05, 4.69) is 31.0 Å². The fourth-order valence-corrected chi connectivity index (χ4v) is 1.79. The molecule has 0 aliphatic rings. The summed E-state index contributed by atoms with van der Waals surface area (Å²) in [5.74, 6) is 2.43. The summed E-state index contributed by atoms with van der Waals surface area (Å²) in [6, 6.07) is 12.0. The molecule has 0 amide bonds. The van der Waals surface area contributed by atoms with Crippen molar-refractivity contribution < 1.29 is 4.74 Å². The number of hydrogen-bond acceptors (Lipinski definition) is 2. The minimum atomic E-state index is 0.705. The molecule has 0 bridgehead atoms. The highest BCUT2D eigenvalue weighted by Gasteiger charge is 2.05. The summed E-state index contributed by atoms with van der Waals surface area (Å²) in [4.78, 5) is 4.06. The Morgan fingerprint density at radius 2 is 1.94 bits per heavy atom. The minimum Gasteiger partial charge on any atom is -0.455 e. The number of para-hydroxylation sites is 1. The van der Waals surface area contributed by atoms with Crippen molar-refractivity contribution in [2.24, 2.45) is 5.92 Å². The van der Waals surface area contributed by atoms with E-state index in [9.17, 15) is 0 Å². The molecule has 0 fully saturated rings. The molecule has 2 aromatic rings. The van der Waals surface area contributed by atoms with Gasteiger partial charge in [0.15, 0.2) is 0 Å². The summed E-state index contributed by atoms with van der Waals surface area (Å²) < 4.78 is 5.88. The summed E-state index contributed by atoms with van der Waals surface area (Å²) in [5.41, 5.74) is 1.26. The Labute approximate surface area is 109 Å². The van der Waals surface area contributed by atoms with Crippen molar-refractivity contribution in [3.63, 3.8) is 0 Å². The standard InChI is InChI=1S/C16H19NO/c1-13(2)9-10-14-6-3-4-8-16(14)18-15-7-5-11-17-12-15/h3-8,11-13H,9-10H2,1-2H3. The first-order chi connectivity index (χ1) is 8.75. The van der Waals surface area contributed by atoms with Crippen LogP contribution in [0.5, 0.6) is 11.5 Å². The molecule has 1 aromatic heterocycles. The molecule has 1 heterocycles. The van der Waals surface area contributed by atoms with E-state index < -0.39 is 0 Å². The normalized spacial score (nSPS) is 10.6. The fourth-order valence-electron chi connectivity index (χ4n) is 1.79. The zero-order chi connectivity index (χ0) is 12.8. The van der Waals surface area contributed by atoms with E-state index in [0.717, 1.165) is 17.9 Å². The average molecular weight is 241 g/mol. The van der Waals surface area contributed by atoms with Crippen molar-refractivity contribution in [3.8, 4) is 11.5 Å². The Hall–Kier alpha value is -1.83. The lowest BCUT2D eigenvalue weighted by Gasteiger charge is -2.11. The lowest BCUT2D eigenvalue weighted by Crippen LogP contribution is -1.95. The summed E-state index contributed by atoms with van der Waals surface area (Å²) in [5, 5.41) is 0. The van der Waals surface area contributed by atoms with Gasteiger partial charge in [-0.05, 0) is 42.5 Å². The molecule has 2 heteroatoms. The number of pyridine rings is 1. The molecule has 0 saturated carbocycles. The number of benzene rings is 1. The Kier molecular flexibility index (Phi) is 4.35. The lowest BCUT2D eigenvalue weighted by atomic mass is 10.0. The molecule has 0 aliphatic heterocycles. The number of ether oxygens (including phenoxy) is 1. The SMILES string of the molecule is CC(C)CCc1ccccc1Oc1cccnc1. The molecule has 2 rings (SSSR count). The minimum absolute atomic E-state index is 0.705. The van der Waals surface area contributed by atoms with Crippen LogP contribution in [0.25, 0.3) is 0 Å². The van der Waals surface area contributed by atoms with Crippen LogP contribution in [0.3, 0.4) is 0 Å². The van der Waals surface area contributed by atoms with E-state index in [4.69, 9.17) is 4.74 Å². The number of hydrogen-bond donors (Lipinski definition) is 0. The molecule has 0 atom stereocenters. The quantitative estimate of drug-likeness (QED) is 0.771. The highest BCUT2D eigenvalue weighted by Crippen LogP contribution is 2.26. The van der Waals surface area contributed by atoms with Gasteiger partial charge < -0.3 is 4.74 Å². The zero-order valence-electron chi connectivity index (χ0n) is 11.0. The van der Waals surface area contributed by atoms with Crippen molar-refractivity contribution in [1.82, 2.24) is 4.98 Å². The van der Waals surface area contributed by atoms with Gasteiger partial charge in [-0.25, -0.2) is 0 Å². The topological polar surface area (TPSA) is 22.1 Å². The maximum Gasteiger partial charge on any atom is 0.145 e. The molecule has 0 radical (unpaired) electrons. The molecular formula is C16H19NO. The molecule has 18 heavy (non-hydrogen) atoms. The van der Waals surface area contributed by atoms with Gasteiger partial charge in [-0.15, -0.1) is 0 Å². The van der Waals surface area contributed by atoms with Crippen LogP contribution in [0.1, 0.15) is 25.8 Å². The molecule has 0 aliphatic carbocycles. The maximum absolute atomic E-state index is 5.88. The largest absolute Gasteiger partial charge is 0.455 e. The first-order valence-electron chi connectivity index (χ1n) is 6.41. The van der Waals surface area contributed by atoms with Crippen molar-refractivity contribution >= 4 is 0 Å². The summed E-state index contributed by atoms with van der Waals surface area (Å²) in [6.45, 7) is 4.48. The van der Waals surface area contributed by atoms with Crippen LogP contribution in [-0.2, 0) is 6.42 Å². The number of aryl methyl sites for hydroxylation is 1. The van der Waals surface area contributed by atoms with Gasteiger partial charge in [0, 0.05) is 6.20 Å². The Morgan fingerprint density at radius 1 is 1.11 bits per heavy atom. The van der Waals surface area contributed by atoms with E-state index in [-0.39, 0.29) is 0 Å². The van der Waals surface area contributed by atoms with Gasteiger partial charge in [-0.2, -0.15) is 0 Å². The molecule has 94 valence electrons. The molecular weight excluding hydrogens is 222 g/mol. The number of aromatic nitrogens is 1. The first kappa shape index (κ1) is 12.6. The third-order valence-corrected chi connectivity index (χ3v) is 2.83. The van der Waals surface area contributed by atoms with Crippen LogP contribution in [0, 0.1) is 5.92 Å². The summed E-state index contributed by atoms with van der Waals surface area (Å²) >= 11 is 0. The van der Waals surface area contributed by atoms with E-state index in [1.165, 1.54) is 12.0 Å². The van der Waals surface area contributed by atoms with Gasteiger partial charge in [0.2, 0.25) is 0 Å². The van der Waals surface area contributed by atoms with Crippen LogP contribution in [-0.4, -0.2) is 4.98 Å². The molecule has 0 N–H and O–H groups in total. The van der Waals surface area contributed by atoms with Crippen LogP contribution in [0.4, 0.5) is 0 Å². The number of nitrogens with zero attached hydrogens (tertiary/aromatic N) is 1. The van der Waals surface area contributed by atoms with E-state index >= 15 is 0 Å². The van der Waals surface area contributed by atoms with Crippen molar-refractivity contribution in [3.05, 3.63) is 54.4 Å². The Bertz CT molecular complexity index is 479. The Morgan fingerprint density at radius 3 is 2.67 bits per heavy atom. The maximum atomic E-state index is 5.88. The van der Waals surface area contributed by atoms with E-state index in [1.54, 1.807) is 12.4 Å². The zero-order valence-corrected chi connectivity index (χ0v) is 11.0. The van der Waals surface area contributed by atoms with Crippen LogP contribution in [0.15, 0.2) is 48.8 Å². The third kappa shape index (κ3) is 3.59. The smallest absolute Gasteiger partial charge is 0.145 e. The van der Waals surface area contributed by atoms with Crippen molar-refractivity contribution in [2.75, 3.05) is 0 Å². The molecule has 0 spiro atoms. The number of rotatable bonds is 5. The van der Waals surface area contributed by atoms with Gasteiger partial charge in [0.1, 0.15) is 11.5 Å². The van der Waals surface area contributed by atoms with E-state index in [1.807, 2.05) is 24.3 Å². The molecule has 0 unspecified atom stereocenters. The second-order valence-electron chi connectivity index (χ2n) is 4.83. The lowest BCUT2D eigenvalue weighted by molar-refractivity contribution is 0.469. The van der Waals surface area contributed by atoms with Crippen molar-refractivity contribution in [1.29, 1.82) is 0 Å². The van der Waals surface area contributed by atoms with Gasteiger partial charge in [-0.1, -0.05) is 32.0 Å². The summed E-state index contributed by atoms with van der Waals surface area (Å²) in [6.07, 6.45) is 5.71. The van der Waals surface area contributed by atoms with Crippen LogP contribution in [0.2, 0.25) is 0 Å². The highest BCUT2D eigenvalue weighted by molar-refractivity contribution is 5.37. The second kappa shape index (κ2) is 6.20. The Balaban J connectivity index is 2.12. The molecule has 2 nitrogen and oxygen atoms in total. The summed E-state index contributed by atoms with van der Waals surface area (Å²) in [7, 11) is 0. The van der Waals surface area contributed by atoms with Crippen molar-refractivity contribution in [2.45, 2.75) is 26.7 Å². The van der Waals surface area contributed by atoms with Crippen LogP contribution >= 0.6 is 0 Å². The monoisotopic (exact) mass is 241 g/mol. The molecule has 0 saturated heterocycles. The van der Waals surface area contributed by atoms with Gasteiger partial charge in [0.05, 0.1) is 6.20 Å². The van der Waals surface area contributed by atoms with Gasteiger partial charge in [-0.3, -0.25) is 4.98 Å². The van der Waals surface area contributed by atoms with Gasteiger partial charge in [0.25, 0.3) is 0 Å². The van der Waals surface area contributed by atoms with E-state index in [0.29, 0.717) is 5.92 Å². The average Bonchev–Trinajstić information content (AvgIpc) is 2.39. The predicted octanol–water partition coefficient (Wildman–Crippen LogP) is 4.46. The third-order valence-electron chi connectivity index (χ3n) is 2.83. The fraction of sp³-hybridized carbons (Fsp3) is 0.312. The van der Waals surface area contributed by atoms with Gasteiger partial charge >= 0.3 is 0 Å². The van der Waals surface area contributed by atoms with Crippen LogP contribution < -0.4 is 4.74 Å². The second-order valence-corrected chi connectivity index (χ2v) is 4.83. The predicted molar refractivity (Wildman–Crippen MR) is 73.9 cm³/mol.